The van der Waals surface area contributed by atoms with E-state index in [4.69, 9.17) is 5.11 Å². The number of aliphatic carboxylic acids is 1. The van der Waals surface area contributed by atoms with Crippen LogP contribution in [0.2, 0.25) is 0 Å². The molecule has 0 saturated heterocycles. The summed E-state index contributed by atoms with van der Waals surface area (Å²) >= 11 is 0. The first-order valence-electron chi connectivity index (χ1n) is 6.49. The highest BCUT2D eigenvalue weighted by atomic mass is 16.5. The standard InChI is InChI=1S/C6H10O2.C5H8O2.C4H9NO2/c1-3-4-5(2)6(7)8;1-4(2)5(6)7-3;1-5(2,3)4(6)7/h2-4H2,1H3,(H,7,8);1H2,2-3H3;1-3H3. The molecule has 0 radical (unpaired) electrons. The summed E-state index contributed by atoms with van der Waals surface area (Å²) in [5, 5.41) is 18.1. The predicted molar refractivity (Wildman–Crippen MR) is 81.9 cm³/mol. The summed E-state index contributed by atoms with van der Waals surface area (Å²) in [6.45, 7) is 10.1. The van der Waals surface area contributed by atoms with Crippen molar-refractivity contribution in [2.45, 2.75) is 26.7 Å². The van der Waals surface area contributed by atoms with Crippen molar-refractivity contribution in [1.29, 1.82) is 0 Å². The number of hydrogen-bond donors (Lipinski definition) is 1. The molecule has 0 bridgehead atoms. The normalized spacial score (nSPS) is 9.18. The largest absolute Gasteiger partial charge is 0.545 e. The second-order valence-electron chi connectivity index (χ2n) is 5.21. The first kappa shape index (κ1) is 24.8. The van der Waals surface area contributed by atoms with E-state index in [1.54, 1.807) is 28.1 Å². The zero-order chi connectivity index (χ0) is 18.5. The van der Waals surface area contributed by atoms with Crippen LogP contribution >= 0.6 is 0 Å². The van der Waals surface area contributed by atoms with Crippen LogP contribution in [-0.2, 0) is 14.3 Å². The summed E-state index contributed by atoms with van der Waals surface area (Å²) in [5.41, 5.74) is 0.620. The summed E-state index contributed by atoms with van der Waals surface area (Å²) in [4.78, 5) is 30.1. The van der Waals surface area contributed by atoms with Gasteiger partial charge in [0.15, 0.2) is 0 Å². The Hall–Kier alpha value is -2.15. The second-order valence-corrected chi connectivity index (χ2v) is 5.21. The number of carbonyl (C=O) groups is 3. The van der Waals surface area contributed by atoms with Crippen molar-refractivity contribution in [3.05, 3.63) is 24.3 Å². The molecule has 0 aliphatic heterocycles. The topological polar surface area (TPSA) is 104 Å². The minimum atomic E-state index is -1.13. The summed E-state index contributed by atoms with van der Waals surface area (Å²) in [6, 6.07) is 0. The molecule has 1 amide bonds. The zero-order valence-corrected chi connectivity index (χ0v) is 14.3. The molecule has 0 aliphatic carbocycles. The van der Waals surface area contributed by atoms with E-state index in [1.807, 2.05) is 6.92 Å². The third kappa shape index (κ3) is 17.8. The van der Waals surface area contributed by atoms with Gasteiger partial charge in [-0.15, -0.1) is 0 Å². The second kappa shape index (κ2) is 12.6. The highest BCUT2D eigenvalue weighted by Gasteiger charge is 2.16. The van der Waals surface area contributed by atoms with E-state index < -0.39 is 12.1 Å². The van der Waals surface area contributed by atoms with Gasteiger partial charge in [-0.25, -0.2) is 9.28 Å². The van der Waals surface area contributed by atoms with E-state index in [0.717, 1.165) is 6.42 Å². The van der Waals surface area contributed by atoms with E-state index >= 15 is 0 Å². The number of ether oxygens (including phenoxy) is 1. The number of rotatable bonds is 4. The third-order valence-electron chi connectivity index (χ3n) is 1.95. The molecule has 0 aliphatic rings. The first-order chi connectivity index (χ1) is 9.80. The number of amides is 1. The molecule has 1 N–H and O–H groups in total. The molecule has 0 aromatic carbocycles. The van der Waals surface area contributed by atoms with Crippen LogP contribution in [0.15, 0.2) is 24.3 Å². The maximum atomic E-state index is 10.2. The number of carboxylic acids is 1. The molecule has 0 rings (SSSR count). The lowest BCUT2D eigenvalue weighted by molar-refractivity contribution is -0.794. The number of nitrogens with zero attached hydrogens (tertiary/aromatic N) is 1. The molecule has 128 valence electrons. The Morgan fingerprint density at radius 1 is 1.18 bits per heavy atom. The molecule has 0 aromatic rings. The Morgan fingerprint density at radius 3 is 1.59 bits per heavy atom. The number of hydrogen-bond acceptors (Lipinski definition) is 5. The van der Waals surface area contributed by atoms with Gasteiger partial charge >= 0.3 is 12.1 Å². The molecular weight excluding hydrogens is 290 g/mol. The van der Waals surface area contributed by atoms with Gasteiger partial charge in [0.05, 0.1) is 34.2 Å². The Bertz CT molecular complexity index is 407. The van der Waals surface area contributed by atoms with Crippen molar-refractivity contribution >= 4 is 18.0 Å². The summed E-state index contributed by atoms with van der Waals surface area (Å²) in [5.74, 6) is -1.48. The van der Waals surface area contributed by atoms with E-state index in [2.05, 4.69) is 17.9 Å². The number of carboxylic acid groups (broad SMARTS) is 2. The molecule has 0 saturated carbocycles. The lowest BCUT2D eigenvalue weighted by atomic mass is 10.2. The molecule has 22 heavy (non-hydrogen) atoms. The molecule has 0 heterocycles. The van der Waals surface area contributed by atoms with E-state index in [1.165, 1.54) is 7.11 Å². The van der Waals surface area contributed by atoms with Gasteiger partial charge in [-0.1, -0.05) is 26.5 Å². The van der Waals surface area contributed by atoms with E-state index in [0.29, 0.717) is 12.0 Å². The highest BCUT2D eigenvalue weighted by molar-refractivity contribution is 5.86. The lowest BCUT2D eigenvalue weighted by Gasteiger charge is -2.14. The van der Waals surface area contributed by atoms with Crippen LogP contribution in [-0.4, -0.2) is 55.9 Å². The van der Waals surface area contributed by atoms with Gasteiger partial charge in [0.2, 0.25) is 0 Å². The summed E-state index contributed by atoms with van der Waals surface area (Å²) in [6.07, 6.45) is 0.523. The molecule has 7 heteroatoms. The molecule has 7 nitrogen and oxygen atoms in total. The van der Waals surface area contributed by atoms with Crippen LogP contribution in [0, 0.1) is 0 Å². The van der Waals surface area contributed by atoms with Crippen LogP contribution in [0.5, 0.6) is 0 Å². The van der Waals surface area contributed by atoms with Crippen LogP contribution < -0.4 is 5.11 Å². The van der Waals surface area contributed by atoms with Crippen LogP contribution in [0.4, 0.5) is 4.79 Å². The van der Waals surface area contributed by atoms with Crippen LogP contribution in [0.3, 0.4) is 0 Å². The molecule has 0 atom stereocenters. The van der Waals surface area contributed by atoms with Crippen molar-refractivity contribution < 1.29 is 33.8 Å². The van der Waals surface area contributed by atoms with Crippen molar-refractivity contribution in [2.24, 2.45) is 0 Å². The molecular formula is C15H27NO6. The Kier molecular flexibility index (Phi) is 14.2. The monoisotopic (exact) mass is 317 g/mol. The average Bonchev–Trinajstić information content (AvgIpc) is 2.38. The Balaban J connectivity index is -0.000000247. The Morgan fingerprint density at radius 2 is 1.55 bits per heavy atom. The predicted octanol–water partition coefficient (Wildman–Crippen LogP) is 1.20. The average molecular weight is 317 g/mol. The van der Waals surface area contributed by atoms with Gasteiger partial charge in [0.25, 0.3) is 0 Å². The van der Waals surface area contributed by atoms with Gasteiger partial charge in [-0.3, -0.25) is 0 Å². The van der Waals surface area contributed by atoms with Crippen LogP contribution in [0.25, 0.3) is 0 Å². The summed E-state index contributed by atoms with van der Waals surface area (Å²) in [7, 11) is 6.13. The van der Waals surface area contributed by atoms with Crippen molar-refractivity contribution in [1.82, 2.24) is 0 Å². The number of esters is 1. The fourth-order valence-corrected chi connectivity index (χ4v) is 0.578. The van der Waals surface area contributed by atoms with Gasteiger partial charge in [0, 0.05) is 5.57 Å². The smallest absolute Gasteiger partial charge is 0.512 e. The van der Waals surface area contributed by atoms with Gasteiger partial charge in [-0.05, 0) is 18.9 Å². The van der Waals surface area contributed by atoms with Gasteiger partial charge in [0.1, 0.15) is 0 Å². The third-order valence-corrected chi connectivity index (χ3v) is 1.95. The number of quaternary nitrogens is 1. The maximum absolute atomic E-state index is 10.2. The fraction of sp³-hybridized carbons (Fsp3) is 0.533. The summed E-state index contributed by atoms with van der Waals surface area (Å²) < 4.78 is 4.25. The molecule has 0 fully saturated rings. The fourth-order valence-electron chi connectivity index (χ4n) is 0.578. The van der Waals surface area contributed by atoms with Crippen molar-refractivity contribution in [2.75, 3.05) is 28.3 Å². The minimum Gasteiger partial charge on any atom is -0.545 e. The van der Waals surface area contributed by atoms with E-state index in [9.17, 15) is 19.5 Å². The SMILES string of the molecule is C=C(C)C(=O)OC.C=C(CCC)C(=O)[O-].C[N+](C)(C)C(=O)O. The quantitative estimate of drug-likeness (QED) is 0.474. The Labute approximate surface area is 132 Å². The van der Waals surface area contributed by atoms with Crippen LogP contribution in [0.1, 0.15) is 26.7 Å². The van der Waals surface area contributed by atoms with Crippen molar-refractivity contribution in [3.8, 4) is 0 Å². The number of methoxy groups -OCH3 is 1. The molecule has 0 unspecified atom stereocenters. The van der Waals surface area contributed by atoms with Gasteiger partial charge < -0.3 is 19.7 Å². The molecule has 0 spiro atoms. The van der Waals surface area contributed by atoms with Crippen molar-refractivity contribution in [3.63, 3.8) is 0 Å². The van der Waals surface area contributed by atoms with Gasteiger partial charge in [-0.2, -0.15) is 4.79 Å². The number of carbonyl (C=O) groups excluding carboxylic acids is 2. The lowest BCUT2D eigenvalue weighted by Crippen LogP contribution is -2.39. The molecule has 0 aromatic heterocycles. The zero-order valence-electron chi connectivity index (χ0n) is 14.3. The minimum absolute atomic E-state index is 0.0278. The first-order valence-corrected chi connectivity index (χ1v) is 6.49. The van der Waals surface area contributed by atoms with E-state index in [-0.39, 0.29) is 16.0 Å². The highest BCUT2D eigenvalue weighted by Crippen LogP contribution is 1.98. The maximum Gasteiger partial charge on any atom is 0.512 e.